The lowest BCUT2D eigenvalue weighted by Gasteiger charge is -2.36. The second-order valence-corrected chi connectivity index (χ2v) is 7.61. The third-order valence-electron chi connectivity index (χ3n) is 4.83. The third-order valence-corrected chi connectivity index (χ3v) is 5.65. The van der Waals surface area contributed by atoms with Gasteiger partial charge < -0.3 is 20.4 Å². The summed E-state index contributed by atoms with van der Waals surface area (Å²) in [6, 6.07) is 4.02. The van der Waals surface area contributed by atoms with E-state index in [0.717, 1.165) is 58.2 Å². The Bertz CT molecular complexity index is 872. The van der Waals surface area contributed by atoms with Gasteiger partial charge in [-0.2, -0.15) is 5.26 Å². The molecule has 2 fully saturated rings. The lowest BCUT2D eigenvalue weighted by Crippen LogP contribution is -2.49. The van der Waals surface area contributed by atoms with Crippen molar-refractivity contribution in [1.82, 2.24) is 30.1 Å². The molecule has 4 rings (SSSR count). The molecule has 2 amide bonds. The van der Waals surface area contributed by atoms with Crippen LogP contribution in [0.1, 0.15) is 4.88 Å². The number of anilines is 3. The van der Waals surface area contributed by atoms with Crippen molar-refractivity contribution in [3.05, 3.63) is 23.5 Å². The molecule has 146 valence electrons. The smallest absolute Gasteiger partial charge is 0.317 e. The molecule has 2 aliphatic heterocycles. The Morgan fingerprint density at radius 2 is 2.04 bits per heavy atom. The molecule has 0 aliphatic carbocycles. The topological polar surface area (TPSA) is 113 Å². The van der Waals surface area contributed by atoms with Crippen molar-refractivity contribution in [1.29, 1.82) is 5.26 Å². The van der Waals surface area contributed by atoms with E-state index in [9.17, 15) is 4.79 Å². The minimum Gasteiger partial charge on any atom is -0.354 e. The molecule has 0 saturated carbocycles. The Morgan fingerprint density at radius 1 is 1.18 bits per heavy atom. The van der Waals surface area contributed by atoms with Crippen molar-refractivity contribution in [2.24, 2.45) is 0 Å². The van der Waals surface area contributed by atoms with Crippen molar-refractivity contribution in [2.75, 3.05) is 62.6 Å². The first-order valence-electron chi connectivity index (χ1n) is 9.16. The maximum Gasteiger partial charge on any atom is 0.317 e. The van der Waals surface area contributed by atoms with E-state index < -0.39 is 0 Å². The molecule has 4 heterocycles. The van der Waals surface area contributed by atoms with Gasteiger partial charge in [-0.05, 0) is 0 Å². The van der Waals surface area contributed by atoms with Crippen LogP contribution in [0, 0.1) is 11.3 Å². The molecule has 0 unspecified atom stereocenters. The quantitative estimate of drug-likeness (QED) is 0.730. The molecule has 2 saturated heterocycles. The standard InChI is InChI=1S/C17H21N9OS/c18-10-13-11-20-16(28-13)23-14-9-15(22-12-21-14)25-6-3-24(4-7-25)5-8-26-2-1-19-17(26)27/h9,11-12H,1-8H2,(H,19,27)(H,20,21,22,23). The Kier molecular flexibility index (Phi) is 5.50. The molecule has 11 heteroatoms. The number of thiazole rings is 1. The molecule has 0 bridgehead atoms. The summed E-state index contributed by atoms with van der Waals surface area (Å²) in [6.07, 6.45) is 3.08. The van der Waals surface area contributed by atoms with Crippen LogP contribution in [0.5, 0.6) is 0 Å². The fourth-order valence-electron chi connectivity index (χ4n) is 3.27. The summed E-state index contributed by atoms with van der Waals surface area (Å²) in [6.45, 7) is 6.81. The summed E-state index contributed by atoms with van der Waals surface area (Å²) in [7, 11) is 0. The van der Waals surface area contributed by atoms with Gasteiger partial charge in [0.1, 0.15) is 28.9 Å². The van der Waals surface area contributed by atoms with Gasteiger partial charge in [-0.3, -0.25) is 4.90 Å². The summed E-state index contributed by atoms with van der Waals surface area (Å²) in [5.41, 5.74) is 0. The summed E-state index contributed by atoms with van der Waals surface area (Å²) in [4.78, 5) is 31.4. The number of amides is 2. The van der Waals surface area contributed by atoms with E-state index >= 15 is 0 Å². The van der Waals surface area contributed by atoms with Crippen molar-refractivity contribution < 1.29 is 4.79 Å². The van der Waals surface area contributed by atoms with E-state index in [1.807, 2.05) is 11.0 Å². The second kappa shape index (κ2) is 8.37. The largest absolute Gasteiger partial charge is 0.354 e. The summed E-state index contributed by atoms with van der Waals surface area (Å²) < 4.78 is 0. The number of aromatic nitrogens is 3. The molecule has 0 spiro atoms. The number of rotatable bonds is 6. The molecule has 0 aromatic carbocycles. The molecule has 2 N–H and O–H groups in total. The van der Waals surface area contributed by atoms with Crippen LogP contribution in [0.25, 0.3) is 0 Å². The third kappa shape index (κ3) is 4.29. The maximum absolute atomic E-state index is 11.6. The fourth-order valence-corrected chi connectivity index (χ4v) is 3.89. The minimum atomic E-state index is 0.0433. The molecule has 0 atom stereocenters. The number of nitrogens with one attached hydrogen (secondary N) is 2. The summed E-state index contributed by atoms with van der Waals surface area (Å²) in [5, 5.41) is 15.5. The van der Waals surface area contributed by atoms with Crippen LogP contribution in [0.2, 0.25) is 0 Å². The van der Waals surface area contributed by atoms with Gasteiger partial charge in [-0.25, -0.2) is 19.7 Å². The van der Waals surface area contributed by atoms with Gasteiger partial charge in [0.25, 0.3) is 0 Å². The highest BCUT2D eigenvalue weighted by atomic mass is 32.1. The van der Waals surface area contributed by atoms with Gasteiger partial charge in [0, 0.05) is 58.4 Å². The van der Waals surface area contributed by atoms with Crippen LogP contribution in [-0.2, 0) is 0 Å². The van der Waals surface area contributed by atoms with E-state index in [-0.39, 0.29) is 6.03 Å². The highest BCUT2D eigenvalue weighted by molar-refractivity contribution is 7.16. The van der Waals surface area contributed by atoms with Crippen molar-refractivity contribution >= 4 is 34.1 Å². The maximum atomic E-state index is 11.6. The van der Waals surface area contributed by atoms with Gasteiger partial charge >= 0.3 is 6.03 Å². The normalized spacial score (nSPS) is 17.5. The van der Waals surface area contributed by atoms with Crippen LogP contribution in [0.15, 0.2) is 18.6 Å². The predicted molar refractivity (Wildman–Crippen MR) is 106 cm³/mol. The highest BCUT2D eigenvalue weighted by Crippen LogP contribution is 2.23. The molecular formula is C17H21N9OS. The van der Waals surface area contributed by atoms with Crippen molar-refractivity contribution in [2.45, 2.75) is 0 Å². The Balaban J connectivity index is 1.29. The molecule has 28 heavy (non-hydrogen) atoms. The highest BCUT2D eigenvalue weighted by Gasteiger charge is 2.22. The number of piperazine rings is 1. The van der Waals surface area contributed by atoms with Crippen molar-refractivity contribution in [3.8, 4) is 6.07 Å². The SMILES string of the molecule is N#Cc1cnc(Nc2cc(N3CCN(CCN4CCNC4=O)CC3)ncn2)s1. The molecule has 0 radical (unpaired) electrons. The number of nitrogens with zero attached hydrogens (tertiary/aromatic N) is 7. The average Bonchev–Trinajstić information content (AvgIpc) is 3.35. The van der Waals surface area contributed by atoms with Crippen LogP contribution in [0.3, 0.4) is 0 Å². The predicted octanol–water partition coefficient (Wildman–Crippen LogP) is 0.696. The zero-order valence-corrected chi connectivity index (χ0v) is 16.2. The monoisotopic (exact) mass is 399 g/mol. The molecule has 2 aliphatic rings. The van der Waals surface area contributed by atoms with Crippen LogP contribution < -0.4 is 15.5 Å². The fraction of sp³-hybridized carbons (Fsp3) is 0.471. The van der Waals surface area contributed by atoms with Gasteiger partial charge in [-0.1, -0.05) is 11.3 Å². The molecule has 2 aromatic rings. The van der Waals surface area contributed by atoms with E-state index in [4.69, 9.17) is 5.26 Å². The first-order chi connectivity index (χ1) is 13.7. The summed E-state index contributed by atoms with van der Waals surface area (Å²) in [5.74, 6) is 1.53. The number of hydrogen-bond donors (Lipinski definition) is 2. The number of nitriles is 1. The van der Waals surface area contributed by atoms with Crippen LogP contribution in [0.4, 0.5) is 21.6 Å². The number of hydrogen-bond acceptors (Lipinski definition) is 9. The zero-order valence-electron chi connectivity index (χ0n) is 15.3. The van der Waals surface area contributed by atoms with Gasteiger partial charge in [0.05, 0.1) is 6.20 Å². The van der Waals surface area contributed by atoms with Crippen molar-refractivity contribution in [3.63, 3.8) is 0 Å². The minimum absolute atomic E-state index is 0.0433. The Morgan fingerprint density at radius 3 is 2.75 bits per heavy atom. The molecular weight excluding hydrogens is 378 g/mol. The second-order valence-electron chi connectivity index (χ2n) is 6.58. The van der Waals surface area contributed by atoms with E-state index in [1.54, 1.807) is 6.20 Å². The molecule has 10 nitrogen and oxygen atoms in total. The van der Waals surface area contributed by atoms with E-state index in [2.05, 4.69) is 41.5 Å². The lowest BCUT2D eigenvalue weighted by molar-refractivity contribution is 0.197. The Labute approximate surface area is 166 Å². The van der Waals surface area contributed by atoms with E-state index in [0.29, 0.717) is 15.8 Å². The molecule has 2 aromatic heterocycles. The average molecular weight is 399 g/mol. The van der Waals surface area contributed by atoms with Crippen LogP contribution in [-0.4, -0.2) is 83.1 Å². The number of carbonyl (C=O) groups excluding carboxylic acids is 1. The number of urea groups is 1. The van der Waals surface area contributed by atoms with Gasteiger partial charge in [-0.15, -0.1) is 0 Å². The van der Waals surface area contributed by atoms with Gasteiger partial charge in [0.15, 0.2) is 5.13 Å². The van der Waals surface area contributed by atoms with E-state index in [1.165, 1.54) is 17.7 Å². The Hall–Kier alpha value is -2.97. The lowest BCUT2D eigenvalue weighted by atomic mass is 10.3. The summed E-state index contributed by atoms with van der Waals surface area (Å²) >= 11 is 1.29. The first kappa shape index (κ1) is 18.4. The van der Waals surface area contributed by atoms with Gasteiger partial charge in [0.2, 0.25) is 0 Å². The van der Waals surface area contributed by atoms with Crippen LogP contribution >= 0.6 is 11.3 Å². The first-order valence-corrected chi connectivity index (χ1v) is 9.98. The zero-order chi connectivity index (χ0) is 19.3. The number of carbonyl (C=O) groups is 1.